The highest BCUT2D eigenvalue weighted by atomic mass is 14.7. The summed E-state index contributed by atoms with van der Waals surface area (Å²) in [5.41, 5.74) is 1.83. The minimum absolute atomic E-state index is 0.573. The molecule has 20 heavy (non-hydrogen) atoms. The molecule has 2 nitrogen and oxygen atoms in total. The lowest BCUT2D eigenvalue weighted by Gasteiger charge is -2.16. The Morgan fingerprint density at radius 2 is 1.70 bits per heavy atom. The van der Waals surface area contributed by atoms with Crippen molar-refractivity contribution in [3.05, 3.63) is 29.6 Å². The number of nitrogens with zero attached hydrogens (tertiary/aromatic N) is 2. The minimum Gasteiger partial charge on any atom is -0.260 e. The van der Waals surface area contributed by atoms with Crippen LogP contribution in [0.2, 0.25) is 0 Å². The summed E-state index contributed by atoms with van der Waals surface area (Å²) >= 11 is 0. The average Bonchev–Trinajstić information content (AvgIpc) is 2.50. The first-order chi connectivity index (χ1) is 9.81. The predicted octanol–water partition coefficient (Wildman–Crippen LogP) is 5.59. The summed E-state index contributed by atoms with van der Waals surface area (Å²) in [7, 11) is 0. The quantitative estimate of drug-likeness (QED) is 0.521. The van der Waals surface area contributed by atoms with Gasteiger partial charge in [0.2, 0.25) is 0 Å². The van der Waals surface area contributed by atoms with E-state index >= 15 is 0 Å². The Hall–Kier alpha value is -1.36. The third kappa shape index (κ3) is 6.19. The fourth-order valence-corrected chi connectivity index (χ4v) is 2.60. The van der Waals surface area contributed by atoms with Crippen LogP contribution in [0.15, 0.2) is 18.3 Å². The molecule has 1 aromatic heterocycles. The van der Waals surface area contributed by atoms with Crippen molar-refractivity contribution >= 4 is 0 Å². The van der Waals surface area contributed by atoms with Gasteiger partial charge in [0.1, 0.15) is 6.07 Å². The van der Waals surface area contributed by atoms with Gasteiger partial charge >= 0.3 is 0 Å². The number of rotatable bonds is 10. The van der Waals surface area contributed by atoms with Crippen molar-refractivity contribution in [1.82, 2.24) is 4.98 Å². The zero-order chi connectivity index (χ0) is 14.6. The van der Waals surface area contributed by atoms with E-state index in [1.807, 2.05) is 12.1 Å². The Morgan fingerprint density at radius 3 is 2.30 bits per heavy atom. The van der Waals surface area contributed by atoms with Crippen LogP contribution in [0, 0.1) is 11.3 Å². The van der Waals surface area contributed by atoms with Crippen LogP contribution in [0.3, 0.4) is 0 Å². The zero-order valence-electron chi connectivity index (χ0n) is 13.1. The van der Waals surface area contributed by atoms with Crippen molar-refractivity contribution in [3.63, 3.8) is 0 Å². The molecule has 0 aromatic carbocycles. The van der Waals surface area contributed by atoms with Gasteiger partial charge in [0, 0.05) is 17.8 Å². The van der Waals surface area contributed by atoms with E-state index in [2.05, 4.69) is 24.9 Å². The van der Waals surface area contributed by atoms with Gasteiger partial charge in [0.25, 0.3) is 0 Å². The van der Waals surface area contributed by atoms with Crippen molar-refractivity contribution in [2.24, 2.45) is 0 Å². The second kappa shape index (κ2) is 10.4. The Labute approximate surface area is 124 Å². The fraction of sp³-hybridized carbons (Fsp3) is 0.667. The molecular weight excluding hydrogens is 244 g/mol. The number of hydrogen-bond acceptors (Lipinski definition) is 2. The lowest BCUT2D eigenvalue weighted by atomic mass is 9.91. The third-order valence-corrected chi connectivity index (χ3v) is 3.90. The summed E-state index contributed by atoms with van der Waals surface area (Å²) in [4.78, 5) is 4.50. The molecule has 0 aliphatic rings. The first-order valence-corrected chi connectivity index (χ1v) is 8.17. The van der Waals surface area contributed by atoms with Gasteiger partial charge in [-0.1, -0.05) is 58.8 Å². The maximum absolute atomic E-state index is 8.84. The van der Waals surface area contributed by atoms with Crippen LogP contribution >= 0.6 is 0 Å². The van der Waals surface area contributed by atoms with Crippen LogP contribution in [0.4, 0.5) is 0 Å². The summed E-state index contributed by atoms with van der Waals surface area (Å²) < 4.78 is 0. The van der Waals surface area contributed by atoms with Crippen LogP contribution in [0.25, 0.3) is 0 Å². The van der Waals surface area contributed by atoms with Crippen LogP contribution in [0.5, 0.6) is 0 Å². The van der Waals surface area contributed by atoms with Gasteiger partial charge in [-0.2, -0.15) is 5.26 Å². The number of unbranched alkanes of at least 4 members (excludes halogenated alkanes) is 5. The van der Waals surface area contributed by atoms with Gasteiger partial charge in [-0.15, -0.1) is 0 Å². The van der Waals surface area contributed by atoms with Crippen molar-refractivity contribution in [3.8, 4) is 6.07 Å². The molecule has 0 fully saturated rings. The number of aromatic nitrogens is 1. The van der Waals surface area contributed by atoms with E-state index in [0.29, 0.717) is 11.5 Å². The van der Waals surface area contributed by atoms with Gasteiger partial charge in [0.15, 0.2) is 0 Å². The Bertz CT molecular complexity index is 389. The van der Waals surface area contributed by atoms with Crippen molar-refractivity contribution in [2.45, 2.75) is 77.6 Å². The van der Waals surface area contributed by atoms with Crippen molar-refractivity contribution in [1.29, 1.82) is 5.26 Å². The number of nitriles is 1. The molecule has 0 amide bonds. The molecule has 0 N–H and O–H groups in total. The first-order valence-electron chi connectivity index (χ1n) is 8.17. The molecule has 0 bridgehead atoms. The van der Waals surface area contributed by atoms with Crippen LogP contribution < -0.4 is 0 Å². The summed E-state index contributed by atoms with van der Waals surface area (Å²) in [6, 6.07) is 6.09. The lowest BCUT2D eigenvalue weighted by molar-refractivity contribution is 0.496. The van der Waals surface area contributed by atoms with Gasteiger partial charge in [-0.25, -0.2) is 0 Å². The standard InChI is InChI=1S/C18H28N2/c1-3-5-7-8-9-11-17(10-6-4-2)18-13-12-16(14-19)15-20-18/h12-13,15,17H,3-11H2,1-2H3. The van der Waals surface area contributed by atoms with Gasteiger partial charge in [-0.3, -0.25) is 4.98 Å². The number of pyridine rings is 1. The molecule has 1 unspecified atom stereocenters. The zero-order valence-corrected chi connectivity index (χ0v) is 13.1. The SMILES string of the molecule is CCCCCCCC(CCCC)c1ccc(C#N)cn1. The molecule has 0 aliphatic carbocycles. The van der Waals surface area contributed by atoms with E-state index in [-0.39, 0.29) is 0 Å². The topological polar surface area (TPSA) is 36.7 Å². The van der Waals surface area contributed by atoms with E-state index in [1.165, 1.54) is 63.5 Å². The molecule has 0 spiro atoms. The predicted molar refractivity (Wildman–Crippen MR) is 84.6 cm³/mol. The summed E-state index contributed by atoms with van der Waals surface area (Å²) in [6.45, 7) is 4.50. The Balaban J connectivity index is 2.51. The molecular formula is C18H28N2. The second-order valence-electron chi connectivity index (χ2n) is 5.63. The molecule has 1 atom stereocenters. The van der Waals surface area contributed by atoms with Gasteiger partial charge in [-0.05, 0) is 25.0 Å². The largest absolute Gasteiger partial charge is 0.260 e. The summed E-state index contributed by atoms with van der Waals surface area (Å²) in [6.07, 6.45) is 13.3. The van der Waals surface area contributed by atoms with Crippen LogP contribution in [0.1, 0.15) is 88.8 Å². The van der Waals surface area contributed by atoms with Crippen LogP contribution in [-0.4, -0.2) is 4.98 Å². The van der Waals surface area contributed by atoms with E-state index in [4.69, 9.17) is 5.26 Å². The summed E-state index contributed by atoms with van der Waals surface area (Å²) in [5.74, 6) is 0.573. The monoisotopic (exact) mass is 272 g/mol. The van der Waals surface area contributed by atoms with Crippen molar-refractivity contribution < 1.29 is 0 Å². The lowest BCUT2D eigenvalue weighted by Crippen LogP contribution is -2.02. The molecule has 0 saturated heterocycles. The van der Waals surface area contributed by atoms with E-state index in [1.54, 1.807) is 6.20 Å². The third-order valence-electron chi connectivity index (χ3n) is 3.90. The fourth-order valence-electron chi connectivity index (χ4n) is 2.60. The molecule has 1 aromatic rings. The average molecular weight is 272 g/mol. The molecule has 2 heteroatoms. The molecule has 0 radical (unpaired) electrons. The summed E-state index contributed by atoms with van der Waals surface area (Å²) in [5, 5.41) is 8.84. The highest BCUT2D eigenvalue weighted by molar-refractivity contribution is 5.27. The highest BCUT2D eigenvalue weighted by Crippen LogP contribution is 2.26. The maximum Gasteiger partial charge on any atom is 0.101 e. The maximum atomic E-state index is 8.84. The van der Waals surface area contributed by atoms with E-state index in [0.717, 1.165) is 0 Å². The molecule has 0 aliphatic heterocycles. The smallest absolute Gasteiger partial charge is 0.101 e. The van der Waals surface area contributed by atoms with Crippen molar-refractivity contribution in [2.75, 3.05) is 0 Å². The van der Waals surface area contributed by atoms with E-state index < -0.39 is 0 Å². The highest BCUT2D eigenvalue weighted by Gasteiger charge is 2.12. The molecule has 0 saturated carbocycles. The molecule has 1 rings (SSSR count). The van der Waals surface area contributed by atoms with Gasteiger partial charge < -0.3 is 0 Å². The van der Waals surface area contributed by atoms with Gasteiger partial charge in [0.05, 0.1) is 5.56 Å². The number of hydrogen-bond donors (Lipinski definition) is 0. The first kappa shape index (κ1) is 16.7. The van der Waals surface area contributed by atoms with E-state index in [9.17, 15) is 0 Å². The second-order valence-corrected chi connectivity index (χ2v) is 5.63. The van der Waals surface area contributed by atoms with Crippen LogP contribution in [-0.2, 0) is 0 Å². The Kier molecular flexibility index (Phi) is 8.71. The Morgan fingerprint density at radius 1 is 1.00 bits per heavy atom. The normalized spacial score (nSPS) is 12.1. The minimum atomic E-state index is 0.573. The molecule has 1 heterocycles. The molecule has 110 valence electrons.